The average Bonchev–Trinajstić information content (AvgIpc) is 3.35. The number of aryl methyl sites for hydroxylation is 1. The summed E-state index contributed by atoms with van der Waals surface area (Å²) in [6, 6.07) is 4.41. The molecule has 184 valence electrons. The van der Waals surface area contributed by atoms with Gasteiger partial charge in [-0.3, -0.25) is 14.5 Å². The summed E-state index contributed by atoms with van der Waals surface area (Å²) < 4.78 is 13.1. The lowest BCUT2D eigenvalue weighted by molar-refractivity contribution is 0.00142. The first-order chi connectivity index (χ1) is 17.1. The van der Waals surface area contributed by atoms with Gasteiger partial charge in [-0.2, -0.15) is 0 Å². The molecule has 3 fully saturated rings. The van der Waals surface area contributed by atoms with Crippen LogP contribution >= 0.6 is 0 Å². The molecule has 35 heavy (non-hydrogen) atoms. The van der Waals surface area contributed by atoms with Gasteiger partial charge >= 0.3 is 0 Å². The zero-order chi connectivity index (χ0) is 23.7. The van der Waals surface area contributed by atoms with Gasteiger partial charge in [-0.05, 0) is 63.5 Å². The number of aromatic nitrogens is 1. The molecule has 4 atom stereocenters. The summed E-state index contributed by atoms with van der Waals surface area (Å²) in [5, 5.41) is 0.521. The summed E-state index contributed by atoms with van der Waals surface area (Å²) in [7, 11) is 0. The van der Waals surface area contributed by atoms with E-state index in [4.69, 9.17) is 9.47 Å². The van der Waals surface area contributed by atoms with E-state index >= 15 is 0 Å². The minimum Gasteiger partial charge on any atom is -0.454 e. The molecular weight excluding hydrogens is 442 g/mol. The van der Waals surface area contributed by atoms with Crippen LogP contribution in [0, 0.1) is 11.8 Å². The van der Waals surface area contributed by atoms with Crippen LogP contribution in [-0.4, -0.2) is 58.8 Å². The fourth-order valence-corrected chi connectivity index (χ4v) is 7.55. The van der Waals surface area contributed by atoms with Crippen molar-refractivity contribution in [3.8, 4) is 11.5 Å². The number of nitrogens with zero attached hydrogens (tertiary/aromatic N) is 3. The Morgan fingerprint density at radius 2 is 1.97 bits per heavy atom. The summed E-state index contributed by atoms with van der Waals surface area (Å²) in [5.74, 6) is 2.18. The summed E-state index contributed by atoms with van der Waals surface area (Å²) in [5.41, 5.74) is 2.28. The van der Waals surface area contributed by atoms with Gasteiger partial charge in [0.05, 0.1) is 16.9 Å². The fourth-order valence-electron chi connectivity index (χ4n) is 7.55. The molecule has 3 saturated heterocycles. The maximum absolute atomic E-state index is 14.1. The van der Waals surface area contributed by atoms with Crippen molar-refractivity contribution in [1.29, 1.82) is 0 Å². The molecular formula is C28H33N3O4. The number of amides is 1. The number of hydrogen-bond donors (Lipinski definition) is 0. The molecule has 2 bridgehead atoms. The summed E-state index contributed by atoms with van der Waals surface area (Å²) in [4.78, 5) is 32.5. The van der Waals surface area contributed by atoms with Gasteiger partial charge in [-0.25, -0.2) is 0 Å². The zero-order valence-electron chi connectivity index (χ0n) is 20.4. The molecule has 4 aliphatic heterocycles. The third-order valence-corrected chi connectivity index (χ3v) is 9.06. The highest BCUT2D eigenvalue weighted by Crippen LogP contribution is 2.45. The van der Waals surface area contributed by atoms with Crippen LogP contribution in [0.15, 0.2) is 34.8 Å². The van der Waals surface area contributed by atoms with E-state index in [2.05, 4.69) is 11.0 Å². The average molecular weight is 476 g/mol. The van der Waals surface area contributed by atoms with Gasteiger partial charge in [-0.15, -0.1) is 0 Å². The number of piperidine rings is 3. The van der Waals surface area contributed by atoms with E-state index in [0.717, 1.165) is 31.4 Å². The third kappa shape index (κ3) is 3.27. The maximum atomic E-state index is 14.1. The van der Waals surface area contributed by atoms with E-state index in [0.29, 0.717) is 41.3 Å². The highest BCUT2D eigenvalue weighted by molar-refractivity contribution is 5.98. The lowest BCUT2D eigenvalue weighted by atomic mass is 9.68. The van der Waals surface area contributed by atoms with Gasteiger partial charge in [0.2, 0.25) is 12.2 Å². The van der Waals surface area contributed by atoms with Crippen LogP contribution in [0.3, 0.4) is 0 Å². The number of hydrogen-bond acceptors (Lipinski definition) is 5. The van der Waals surface area contributed by atoms with Crippen LogP contribution in [0.1, 0.15) is 55.8 Å². The van der Waals surface area contributed by atoms with Crippen LogP contribution in [0.5, 0.6) is 11.5 Å². The highest BCUT2D eigenvalue weighted by atomic mass is 16.7. The molecule has 1 aromatic heterocycles. The fraction of sp³-hybridized carbons (Fsp3) is 0.571. The smallest absolute Gasteiger partial charge is 0.259 e. The van der Waals surface area contributed by atoms with Crippen molar-refractivity contribution in [3.05, 3.63) is 45.8 Å². The first-order valence-electron chi connectivity index (χ1n) is 13.3. The summed E-state index contributed by atoms with van der Waals surface area (Å²) >= 11 is 0. The van der Waals surface area contributed by atoms with Crippen LogP contribution in [0.4, 0.5) is 0 Å². The van der Waals surface area contributed by atoms with Crippen LogP contribution in [0.2, 0.25) is 0 Å². The lowest BCUT2D eigenvalue weighted by Gasteiger charge is -2.54. The van der Waals surface area contributed by atoms with Crippen molar-refractivity contribution in [2.45, 2.75) is 64.1 Å². The predicted molar refractivity (Wildman–Crippen MR) is 133 cm³/mol. The van der Waals surface area contributed by atoms with E-state index < -0.39 is 0 Å². The number of carbonyl (C=O) groups is 1. The number of benzene rings is 1. The first kappa shape index (κ1) is 21.5. The monoisotopic (exact) mass is 475 g/mol. The van der Waals surface area contributed by atoms with Crippen molar-refractivity contribution in [2.75, 3.05) is 26.4 Å². The molecule has 2 aromatic rings. The summed E-state index contributed by atoms with van der Waals surface area (Å²) in [6.07, 6.45) is 11.4. The highest BCUT2D eigenvalue weighted by Gasteiger charge is 2.47. The molecule has 1 aliphatic carbocycles. The molecule has 5 aliphatic rings. The minimum absolute atomic E-state index is 0.119. The number of fused-ring (bicyclic) bond motifs is 8. The number of carbonyl (C=O) groups excluding carboxylic acids is 1. The van der Waals surface area contributed by atoms with Gasteiger partial charge in [-0.1, -0.05) is 18.1 Å². The molecule has 0 spiro atoms. The zero-order valence-corrected chi connectivity index (χ0v) is 20.4. The standard InChI is InChI=1S/C28H33N3O4/c1-2-29-15-21(27(32)20-12-24-25(13-23(20)29)35-16-34-24)28(33)31-9-5-6-17-10-18-11-19(26(17)31)14-30-8-4-3-7-22(18)30/h10,12-13,15,18-19,22,26H,2-9,11,14,16H2,1H3/t18-,19+,22?,26?/m0/s1. The number of ether oxygens (including phenoxy) is 2. The van der Waals surface area contributed by atoms with Gasteiger partial charge in [0.15, 0.2) is 11.5 Å². The van der Waals surface area contributed by atoms with Gasteiger partial charge in [0, 0.05) is 37.9 Å². The molecule has 0 saturated carbocycles. The normalized spacial score (nSPS) is 29.5. The van der Waals surface area contributed by atoms with Gasteiger partial charge in [0.1, 0.15) is 5.56 Å². The van der Waals surface area contributed by atoms with Crippen LogP contribution < -0.4 is 14.9 Å². The van der Waals surface area contributed by atoms with E-state index in [1.54, 1.807) is 12.3 Å². The SMILES string of the molecule is CCn1cc(C(=O)N2CCCC3=C[C@H]4C[C@H](CN5CCCCC45)C32)c(=O)c2cc3c(cc21)OCO3. The Morgan fingerprint density at radius 1 is 1.11 bits per heavy atom. The van der Waals surface area contributed by atoms with Crippen LogP contribution in [-0.2, 0) is 6.54 Å². The second-order valence-corrected chi connectivity index (χ2v) is 10.9. The molecule has 5 heterocycles. The molecule has 0 radical (unpaired) electrons. The minimum atomic E-state index is -0.211. The Morgan fingerprint density at radius 3 is 2.83 bits per heavy atom. The van der Waals surface area contributed by atoms with Crippen molar-refractivity contribution in [2.24, 2.45) is 11.8 Å². The Kier molecular flexibility index (Phi) is 4.98. The molecule has 7 nitrogen and oxygen atoms in total. The predicted octanol–water partition coefficient (Wildman–Crippen LogP) is 3.79. The van der Waals surface area contributed by atoms with Crippen molar-refractivity contribution in [3.63, 3.8) is 0 Å². The Hall–Kier alpha value is -2.80. The summed E-state index contributed by atoms with van der Waals surface area (Å²) in [6.45, 7) is 5.82. The largest absolute Gasteiger partial charge is 0.454 e. The number of rotatable bonds is 2. The molecule has 1 amide bonds. The van der Waals surface area contributed by atoms with Crippen molar-refractivity contribution in [1.82, 2.24) is 14.4 Å². The van der Waals surface area contributed by atoms with E-state index in [1.807, 2.05) is 22.5 Å². The van der Waals surface area contributed by atoms with Crippen molar-refractivity contribution < 1.29 is 14.3 Å². The Balaban J connectivity index is 1.28. The second-order valence-electron chi connectivity index (χ2n) is 10.9. The lowest BCUT2D eigenvalue weighted by Crippen LogP contribution is -2.60. The maximum Gasteiger partial charge on any atom is 0.259 e. The Labute approximate surface area is 205 Å². The number of pyridine rings is 1. The van der Waals surface area contributed by atoms with E-state index in [9.17, 15) is 9.59 Å². The molecule has 0 N–H and O–H groups in total. The molecule has 2 unspecified atom stereocenters. The quantitative estimate of drug-likeness (QED) is 0.619. The number of likely N-dealkylation sites (tertiary alicyclic amines) is 1. The van der Waals surface area contributed by atoms with E-state index in [-0.39, 0.29) is 29.7 Å². The third-order valence-electron chi connectivity index (χ3n) is 9.06. The van der Waals surface area contributed by atoms with Crippen molar-refractivity contribution >= 4 is 16.8 Å². The second kappa shape index (κ2) is 8.12. The van der Waals surface area contributed by atoms with Crippen LogP contribution in [0.25, 0.3) is 10.9 Å². The van der Waals surface area contributed by atoms with Gasteiger partial charge < -0.3 is 18.9 Å². The van der Waals surface area contributed by atoms with E-state index in [1.165, 1.54) is 37.8 Å². The first-order valence-corrected chi connectivity index (χ1v) is 13.3. The molecule has 7 rings (SSSR count). The molecule has 1 aromatic carbocycles. The molecule has 7 heteroatoms. The van der Waals surface area contributed by atoms with Gasteiger partial charge in [0.25, 0.3) is 5.91 Å². The topological polar surface area (TPSA) is 64.0 Å². The Bertz CT molecular complexity index is 1300.